The molecule has 10 heteroatoms. The van der Waals surface area contributed by atoms with Gasteiger partial charge < -0.3 is 5.32 Å². The summed E-state index contributed by atoms with van der Waals surface area (Å²) in [4.78, 5) is 21.5. The molecule has 2 heterocycles. The largest absolute Gasteiger partial charge is 0.324 e. The number of hydrogen-bond acceptors (Lipinski definition) is 7. The Labute approximate surface area is 205 Å². The van der Waals surface area contributed by atoms with Crippen molar-refractivity contribution >= 4 is 46.7 Å². The molecule has 2 aromatic heterocycles. The summed E-state index contributed by atoms with van der Waals surface area (Å²) in [5, 5.41) is 13.4. The van der Waals surface area contributed by atoms with E-state index in [1.54, 1.807) is 12.1 Å². The van der Waals surface area contributed by atoms with Gasteiger partial charge in [0, 0.05) is 17.1 Å². The Morgan fingerprint density at radius 2 is 1.67 bits per heavy atom. The van der Waals surface area contributed by atoms with Crippen LogP contribution in [0.5, 0.6) is 0 Å². The number of benzene rings is 2. The first kappa shape index (κ1) is 23.3. The molecule has 168 valence electrons. The van der Waals surface area contributed by atoms with E-state index in [-0.39, 0.29) is 11.7 Å². The summed E-state index contributed by atoms with van der Waals surface area (Å²) in [6, 6.07) is 18.9. The van der Waals surface area contributed by atoms with Crippen molar-refractivity contribution in [2.45, 2.75) is 29.9 Å². The van der Waals surface area contributed by atoms with E-state index in [9.17, 15) is 4.79 Å². The molecule has 4 rings (SSSR count). The minimum atomic E-state index is -0.171. The third-order valence-corrected chi connectivity index (χ3v) is 6.59. The predicted octanol–water partition coefficient (Wildman–Crippen LogP) is 5.35. The second-order valence-corrected chi connectivity index (χ2v) is 9.40. The van der Waals surface area contributed by atoms with Crippen LogP contribution in [0.3, 0.4) is 0 Å². The molecule has 0 saturated carbocycles. The minimum absolute atomic E-state index is 0.170. The van der Waals surface area contributed by atoms with Crippen molar-refractivity contribution in [3.63, 3.8) is 0 Å². The number of anilines is 1. The van der Waals surface area contributed by atoms with Crippen molar-refractivity contribution in [1.29, 1.82) is 0 Å². The second-order valence-electron chi connectivity index (χ2n) is 7.11. The molecule has 1 N–H and O–H groups in total. The van der Waals surface area contributed by atoms with Crippen molar-refractivity contribution < 1.29 is 4.79 Å². The summed E-state index contributed by atoms with van der Waals surface area (Å²) in [6.07, 6.45) is 0. The molecule has 0 aliphatic carbocycles. The average Bonchev–Trinajstić information content (AvgIpc) is 3.21. The summed E-state index contributed by atoms with van der Waals surface area (Å²) in [5.41, 5.74) is 3.36. The van der Waals surface area contributed by atoms with E-state index in [2.05, 4.69) is 25.5 Å². The van der Waals surface area contributed by atoms with Gasteiger partial charge in [0.2, 0.25) is 5.91 Å². The van der Waals surface area contributed by atoms with E-state index < -0.39 is 0 Å². The maximum absolute atomic E-state index is 12.5. The van der Waals surface area contributed by atoms with Gasteiger partial charge >= 0.3 is 0 Å². The normalized spacial score (nSPS) is 10.9. The van der Waals surface area contributed by atoms with E-state index >= 15 is 0 Å². The number of rotatable bonds is 8. The first-order valence-electron chi connectivity index (χ1n) is 10.1. The lowest BCUT2D eigenvalue weighted by molar-refractivity contribution is -0.113. The second kappa shape index (κ2) is 10.8. The Balaban J connectivity index is 1.51. The molecule has 0 aliphatic rings. The molecule has 4 aromatic rings. The van der Waals surface area contributed by atoms with E-state index in [1.807, 2.05) is 66.9 Å². The molecule has 0 fully saturated rings. The van der Waals surface area contributed by atoms with Gasteiger partial charge in [-0.2, -0.15) is 0 Å². The average molecular weight is 497 g/mol. The van der Waals surface area contributed by atoms with Gasteiger partial charge in [-0.3, -0.25) is 9.36 Å². The highest BCUT2D eigenvalue weighted by atomic mass is 35.5. The quantitative estimate of drug-likeness (QED) is 0.260. The zero-order valence-electron chi connectivity index (χ0n) is 18.0. The number of carbonyl (C=O) groups is 1. The van der Waals surface area contributed by atoms with Crippen LogP contribution >= 0.6 is 35.1 Å². The first-order valence-corrected chi connectivity index (χ1v) is 12.5. The SMILES string of the molecule is Cc1cc(C)nc(SCc2nnc(SCC(=O)Nc3ccccc3Cl)n2-c2ccccc2)n1. The topological polar surface area (TPSA) is 85.6 Å². The van der Waals surface area contributed by atoms with Crippen LogP contribution in [0.2, 0.25) is 5.02 Å². The standard InChI is InChI=1S/C23H21ClN6OS2/c1-15-12-16(2)26-22(25-15)32-13-20-28-29-23(30(20)17-8-4-3-5-9-17)33-14-21(31)27-19-11-7-6-10-18(19)24/h3-12H,13-14H2,1-2H3,(H,27,31). The zero-order valence-corrected chi connectivity index (χ0v) is 20.4. The fourth-order valence-electron chi connectivity index (χ4n) is 3.09. The van der Waals surface area contributed by atoms with Gasteiger partial charge in [0.25, 0.3) is 0 Å². The number of aryl methyl sites for hydroxylation is 2. The molecule has 0 radical (unpaired) electrons. The number of nitrogens with one attached hydrogen (secondary N) is 1. The summed E-state index contributed by atoms with van der Waals surface area (Å²) in [7, 11) is 0. The van der Waals surface area contributed by atoms with Crippen LogP contribution in [0.25, 0.3) is 5.69 Å². The lowest BCUT2D eigenvalue weighted by Gasteiger charge is -2.10. The van der Waals surface area contributed by atoms with E-state index in [1.165, 1.54) is 23.5 Å². The summed E-state index contributed by atoms with van der Waals surface area (Å²) in [5.74, 6) is 1.29. The molecule has 0 unspecified atom stereocenters. The van der Waals surface area contributed by atoms with Crippen molar-refractivity contribution in [2.24, 2.45) is 0 Å². The summed E-state index contributed by atoms with van der Waals surface area (Å²) >= 11 is 8.96. The Morgan fingerprint density at radius 1 is 0.970 bits per heavy atom. The molecule has 1 amide bonds. The number of thioether (sulfide) groups is 2. The van der Waals surface area contributed by atoms with Crippen LogP contribution in [0.15, 0.2) is 71.0 Å². The maximum atomic E-state index is 12.5. The number of carbonyl (C=O) groups excluding carboxylic acids is 1. The highest BCUT2D eigenvalue weighted by molar-refractivity contribution is 7.99. The molecule has 0 aliphatic heterocycles. The Hall–Kier alpha value is -2.88. The highest BCUT2D eigenvalue weighted by Crippen LogP contribution is 2.27. The van der Waals surface area contributed by atoms with Gasteiger partial charge in [-0.15, -0.1) is 10.2 Å². The van der Waals surface area contributed by atoms with E-state index in [0.717, 1.165) is 22.9 Å². The monoisotopic (exact) mass is 496 g/mol. The number of amides is 1. The molecule has 2 aromatic carbocycles. The third kappa shape index (κ3) is 6.13. The molecule has 0 atom stereocenters. The Kier molecular flexibility index (Phi) is 7.64. The number of halogens is 1. The van der Waals surface area contributed by atoms with E-state index in [4.69, 9.17) is 11.6 Å². The van der Waals surface area contributed by atoms with Crippen LogP contribution < -0.4 is 5.32 Å². The predicted molar refractivity (Wildman–Crippen MR) is 133 cm³/mol. The Morgan fingerprint density at radius 3 is 2.39 bits per heavy atom. The van der Waals surface area contributed by atoms with Crippen LogP contribution in [0.4, 0.5) is 5.69 Å². The highest BCUT2D eigenvalue weighted by Gasteiger charge is 2.17. The number of nitrogens with zero attached hydrogens (tertiary/aromatic N) is 5. The van der Waals surface area contributed by atoms with Gasteiger partial charge in [-0.1, -0.05) is 65.5 Å². The minimum Gasteiger partial charge on any atom is -0.324 e. The van der Waals surface area contributed by atoms with Crippen molar-refractivity contribution in [1.82, 2.24) is 24.7 Å². The maximum Gasteiger partial charge on any atom is 0.234 e. The van der Waals surface area contributed by atoms with Gasteiger partial charge in [-0.25, -0.2) is 9.97 Å². The molecular formula is C23H21ClN6OS2. The van der Waals surface area contributed by atoms with Crippen LogP contribution in [0.1, 0.15) is 17.2 Å². The van der Waals surface area contributed by atoms with Crippen molar-refractivity contribution in [2.75, 3.05) is 11.1 Å². The van der Waals surface area contributed by atoms with E-state index in [0.29, 0.717) is 26.8 Å². The molecule has 7 nitrogen and oxygen atoms in total. The van der Waals surface area contributed by atoms with Crippen LogP contribution in [0, 0.1) is 13.8 Å². The molecule has 33 heavy (non-hydrogen) atoms. The molecule has 0 spiro atoms. The van der Waals surface area contributed by atoms with Crippen molar-refractivity contribution in [3.8, 4) is 5.69 Å². The summed E-state index contributed by atoms with van der Waals surface area (Å²) < 4.78 is 1.96. The summed E-state index contributed by atoms with van der Waals surface area (Å²) in [6.45, 7) is 3.90. The fraction of sp³-hybridized carbons (Fsp3) is 0.174. The van der Waals surface area contributed by atoms with Gasteiger partial charge in [0.1, 0.15) is 5.82 Å². The number of para-hydroxylation sites is 2. The first-order chi connectivity index (χ1) is 16.0. The smallest absolute Gasteiger partial charge is 0.234 e. The van der Waals surface area contributed by atoms with Crippen LogP contribution in [-0.4, -0.2) is 36.4 Å². The van der Waals surface area contributed by atoms with Gasteiger partial charge in [-0.05, 0) is 44.2 Å². The molecule has 0 saturated heterocycles. The van der Waals surface area contributed by atoms with Gasteiger partial charge in [0.15, 0.2) is 10.3 Å². The lowest BCUT2D eigenvalue weighted by atomic mass is 10.3. The number of aromatic nitrogens is 5. The van der Waals surface area contributed by atoms with Crippen LogP contribution in [-0.2, 0) is 10.5 Å². The third-order valence-electron chi connectivity index (χ3n) is 4.49. The fourth-order valence-corrected chi connectivity index (χ4v) is 4.91. The lowest BCUT2D eigenvalue weighted by Crippen LogP contribution is -2.15. The van der Waals surface area contributed by atoms with Crippen molar-refractivity contribution in [3.05, 3.63) is 82.9 Å². The molecular weight excluding hydrogens is 476 g/mol. The zero-order chi connectivity index (χ0) is 23.2. The Bertz CT molecular complexity index is 1240. The van der Waals surface area contributed by atoms with Gasteiger partial charge in [0.05, 0.1) is 22.2 Å². The number of hydrogen-bond donors (Lipinski definition) is 1. The molecule has 0 bridgehead atoms.